The number of aromatic amines is 1. The maximum Gasteiger partial charge on any atom is 0.256 e. The van der Waals surface area contributed by atoms with E-state index in [4.69, 9.17) is 4.74 Å². The van der Waals surface area contributed by atoms with Crippen LogP contribution in [0.2, 0.25) is 0 Å². The maximum absolute atomic E-state index is 11.9. The van der Waals surface area contributed by atoms with Gasteiger partial charge in [0.05, 0.1) is 7.11 Å². The highest BCUT2D eigenvalue weighted by molar-refractivity contribution is 6.03. The molecule has 0 fully saturated rings. The summed E-state index contributed by atoms with van der Waals surface area (Å²) in [7, 11) is 1.56. The number of H-pyrrole nitrogens is 1. The summed E-state index contributed by atoms with van der Waals surface area (Å²) in [5.41, 5.74) is 1.43. The van der Waals surface area contributed by atoms with Crippen molar-refractivity contribution in [2.45, 2.75) is 6.92 Å². The van der Waals surface area contributed by atoms with Gasteiger partial charge in [-0.1, -0.05) is 6.07 Å². The van der Waals surface area contributed by atoms with Gasteiger partial charge in [0.25, 0.3) is 5.91 Å². The van der Waals surface area contributed by atoms with E-state index in [0.717, 1.165) is 5.69 Å². The molecule has 5 heteroatoms. The van der Waals surface area contributed by atoms with Crippen molar-refractivity contribution in [3.8, 4) is 5.75 Å². The van der Waals surface area contributed by atoms with Crippen LogP contribution in [0.25, 0.3) is 0 Å². The number of anilines is 1. The molecule has 2 N–H and O–H groups in total. The highest BCUT2D eigenvalue weighted by atomic mass is 16.5. The molecule has 0 saturated carbocycles. The Bertz CT molecular complexity index is 534. The van der Waals surface area contributed by atoms with Gasteiger partial charge in [-0.3, -0.25) is 9.89 Å². The van der Waals surface area contributed by atoms with Crippen molar-refractivity contribution in [3.05, 3.63) is 41.6 Å². The molecule has 88 valence electrons. The van der Waals surface area contributed by atoms with Gasteiger partial charge in [-0.05, 0) is 25.1 Å². The van der Waals surface area contributed by atoms with Crippen LogP contribution in [0.1, 0.15) is 16.1 Å². The van der Waals surface area contributed by atoms with Crippen LogP contribution in [0, 0.1) is 6.92 Å². The lowest BCUT2D eigenvalue weighted by Crippen LogP contribution is -2.12. The molecule has 17 heavy (non-hydrogen) atoms. The normalized spacial score (nSPS) is 10.0. The Balaban J connectivity index is 2.14. The molecule has 5 nitrogen and oxygen atoms in total. The Kier molecular flexibility index (Phi) is 3.09. The predicted octanol–water partition coefficient (Wildman–Crippen LogP) is 1.98. The Labute approximate surface area is 98.8 Å². The van der Waals surface area contributed by atoms with E-state index in [9.17, 15) is 4.79 Å². The van der Waals surface area contributed by atoms with Gasteiger partial charge in [0, 0.05) is 17.3 Å². The molecule has 0 radical (unpaired) electrons. The van der Waals surface area contributed by atoms with E-state index in [1.807, 2.05) is 6.92 Å². The lowest BCUT2D eigenvalue weighted by atomic mass is 10.2. The summed E-state index contributed by atoms with van der Waals surface area (Å²) < 4.78 is 5.06. The minimum absolute atomic E-state index is 0.213. The summed E-state index contributed by atoms with van der Waals surface area (Å²) in [6.07, 6.45) is 0. The molecule has 0 bridgehead atoms. The minimum Gasteiger partial charge on any atom is -0.497 e. The first-order valence-electron chi connectivity index (χ1n) is 5.16. The molecule has 1 amide bonds. The molecule has 0 unspecified atom stereocenters. The number of hydrogen-bond donors (Lipinski definition) is 2. The molecule has 2 aromatic rings. The number of ether oxygens (including phenoxy) is 1. The summed E-state index contributed by atoms with van der Waals surface area (Å²) in [6, 6.07) is 8.71. The van der Waals surface area contributed by atoms with Crippen LogP contribution in [0.3, 0.4) is 0 Å². The van der Waals surface area contributed by atoms with Crippen molar-refractivity contribution < 1.29 is 9.53 Å². The minimum atomic E-state index is -0.213. The number of methoxy groups -OCH3 is 1. The van der Waals surface area contributed by atoms with Crippen molar-refractivity contribution in [1.29, 1.82) is 0 Å². The van der Waals surface area contributed by atoms with Crippen LogP contribution in [-0.2, 0) is 0 Å². The Morgan fingerprint density at radius 2 is 2.24 bits per heavy atom. The molecule has 0 spiro atoms. The molecule has 0 saturated heterocycles. The van der Waals surface area contributed by atoms with E-state index >= 15 is 0 Å². The summed E-state index contributed by atoms with van der Waals surface area (Å²) in [4.78, 5) is 11.9. The quantitative estimate of drug-likeness (QED) is 0.848. The third-order valence-corrected chi connectivity index (χ3v) is 2.28. The molecular weight excluding hydrogens is 218 g/mol. The molecular formula is C12H13N3O2. The third-order valence-electron chi connectivity index (χ3n) is 2.28. The van der Waals surface area contributed by atoms with Gasteiger partial charge in [0.15, 0.2) is 5.82 Å². The summed E-state index contributed by atoms with van der Waals surface area (Å²) >= 11 is 0. The van der Waals surface area contributed by atoms with Crippen LogP contribution in [-0.4, -0.2) is 23.2 Å². The number of aryl methyl sites for hydroxylation is 1. The van der Waals surface area contributed by atoms with Gasteiger partial charge in [-0.15, -0.1) is 0 Å². The van der Waals surface area contributed by atoms with Crippen LogP contribution in [0.4, 0.5) is 5.82 Å². The number of nitrogens with one attached hydrogen (secondary N) is 2. The summed E-state index contributed by atoms with van der Waals surface area (Å²) in [5.74, 6) is 0.946. The number of aromatic nitrogens is 2. The van der Waals surface area contributed by atoms with Gasteiger partial charge in [-0.25, -0.2) is 0 Å². The summed E-state index contributed by atoms with van der Waals surface area (Å²) in [6.45, 7) is 1.87. The smallest absolute Gasteiger partial charge is 0.256 e. The number of amides is 1. The van der Waals surface area contributed by atoms with E-state index < -0.39 is 0 Å². The molecule has 1 aromatic heterocycles. The summed E-state index contributed by atoms with van der Waals surface area (Å²) in [5, 5.41) is 9.39. The topological polar surface area (TPSA) is 67.0 Å². The van der Waals surface area contributed by atoms with E-state index in [0.29, 0.717) is 17.1 Å². The van der Waals surface area contributed by atoms with Crippen molar-refractivity contribution in [3.63, 3.8) is 0 Å². The Hall–Kier alpha value is -2.30. The number of rotatable bonds is 3. The number of nitrogens with zero attached hydrogens (tertiary/aromatic N) is 1. The average molecular weight is 231 g/mol. The fourth-order valence-corrected chi connectivity index (χ4v) is 1.43. The fraction of sp³-hybridized carbons (Fsp3) is 0.167. The molecule has 2 rings (SSSR count). The molecule has 1 heterocycles. The standard InChI is InChI=1S/C12H13N3O2/c1-8-6-11(15-14-8)13-12(16)9-4-3-5-10(7-9)17-2/h3-7H,1-2H3,(H2,13,14,15,16). The van der Waals surface area contributed by atoms with E-state index in [1.165, 1.54) is 0 Å². The van der Waals surface area contributed by atoms with Crippen LogP contribution < -0.4 is 10.1 Å². The zero-order valence-electron chi connectivity index (χ0n) is 9.65. The van der Waals surface area contributed by atoms with Crippen LogP contribution >= 0.6 is 0 Å². The van der Waals surface area contributed by atoms with E-state index in [1.54, 1.807) is 37.4 Å². The molecule has 0 aliphatic heterocycles. The van der Waals surface area contributed by atoms with Crippen LogP contribution in [0.15, 0.2) is 30.3 Å². The number of carbonyl (C=O) groups excluding carboxylic acids is 1. The second-order valence-corrected chi connectivity index (χ2v) is 3.62. The van der Waals surface area contributed by atoms with E-state index in [2.05, 4.69) is 15.5 Å². The lowest BCUT2D eigenvalue weighted by molar-refractivity contribution is 0.102. The SMILES string of the molecule is COc1cccc(C(=O)Nc2cc(C)[nH]n2)c1. The van der Waals surface area contributed by atoms with Crippen molar-refractivity contribution in [2.24, 2.45) is 0 Å². The number of benzene rings is 1. The Morgan fingerprint density at radius 3 is 2.88 bits per heavy atom. The highest BCUT2D eigenvalue weighted by Gasteiger charge is 2.08. The predicted molar refractivity (Wildman–Crippen MR) is 64.3 cm³/mol. The number of carbonyl (C=O) groups is 1. The third kappa shape index (κ3) is 2.63. The fourth-order valence-electron chi connectivity index (χ4n) is 1.43. The van der Waals surface area contributed by atoms with Gasteiger partial charge in [0.1, 0.15) is 5.75 Å². The van der Waals surface area contributed by atoms with Gasteiger partial charge >= 0.3 is 0 Å². The molecule has 1 aromatic carbocycles. The van der Waals surface area contributed by atoms with Crippen molar-refractivity contribution in [2.75, 3.05) is 12.4 Å². The lowest BCUT2D eigenvalue weighted by Gasteiger charge is -2.04. The molecule has 0 atom stereocenters. The van der Waals surface area contributed by atoms with Gasteiger partial charge in [0.2, 0.25) is 0 Å². The van der Waals surface area contributed by atoms with Crippen molar-refractivity contribution in [1.82, 2.24) is 10.2 Å². The molecule has 0 aliphatic carbocycles. The first-order valence-corrected chi connectivity index (χ1v) is 5.16. The first kappa shape index (κ1) is 11.2. The zero-order chi connectivity index (χ0) is 12.3. The maximum atomic E-state index is 11.9. The monoisotopic (exact) mass is 231 g/mol. The molecule has 0 aliphatic rings. The Morgan fingerprint density at radius 1 is 1.41 bits per heavy atom. The van der Waals surface area contributed by atoms with Crippen molar-refractivity contribution >= 4 is 11.7 Å². The first-order chi connectivity index (χ1) is 8.19. The average Bonchev–Trinajstić information content (AvgIpc) is 2.75. The van der Waals surface area contributed by atoms with E-state index in [-0.39, 0.29) is 5.91 Å². The number of hydrogen-bond acceptors (Lipinski definition) is 3. The highest BCUT2D eigenvalue weighted by Crippen LogP contribution is 2.14. The van der Waals surface area contributed by atoms with Crippen LogP contribution in [0.5, 0.6) is 5.75 Å². The second-order valence-electron chi connectivity index (χ2n) is 3.62. The van der Waals surface area contributed by atoms with Gasteiger partial charge < -0.3 is 10.1 Å². The second kappa shape index (κ2) is 4.69. The largest absolute Gasteiger partial charge is 0.497 e. The van der Waals surface area contributed by atoms with Gasteiger partial charge in [-0.2, -0.15) is 5.10 Å². The zero-order valence-corrected chi connectivity index (χ0v) is 9.65.